The van der Waals surface area contributed by atoms with Crippen LogP contribution in [-0.2, 0) is 9.16 Å². The first kappa shape index (κ1) is 32.3. The number of methoxy groups -OCH3 is 1. The van der Waals surface area contributed by atoms with Crippen molar-refractivity contribution in [2.75, 3.05) is 18.6 Å². The number of carbonyl (C=O) groups excluding carboxylic acids is 1. The van der Waals surface area contributed by atoms with Gasteiger partial charge in [0, 0.05) is 10.6 Å². The van der Waals surface area contributed by atoms with Gasteiger partial charge in [0.05, 0.1) is 13.2 Å². The minimum atomic E-state index is -2.60. The van der Waals surface area contributed by atoms with E-state index in [2.05, 4.69) is 41.5 Å². The molecule has 0 radical (unpaired) electrons. The summed E-state index contributed by atoms with van der Waals surface area (Å²) in [5, 5.41) is 12.2. The number of hydrogen-bond acceptors (Lipinski definition) is 6. The van der Waals surface area contributed by atoms with Crippen LogP contribution in [0, 0.1) is 10.1 Å². The first-order chi connectivity index (χ1) is 18.1. The maximum Gasteiger partial charge on any atom is 0.415 e. The molecule has 2 aromatic carbocycles. The Morgan fingerprint density at radius 1 is 0.923 bits per heavy atom. The summed E-state index contributed by atoms with van der Waals surface area (Å²) >= 11 is 0. The minimum Gasteiger partial charge on any atom is -0.497 e. The first-order valence-corrected chi connectivity index (χ1v) is 15.8. The predicted octanol–water partition coefficient (Wildman–Crippen LogP) is 8.02. The topological polar surface area (TPSA) is 91.1 Å². The highest BCUT2D eigenvalue weighted by Crippen LogP contribution is 2.45. The van der Waals surface area contributed by atoms with Crippen molar-refractivity contribution in [1.82, 2.24) is 0 Å². The fourth-order valence-electron chi connectivity index (χ4n) is 5.63. The van der Waals surface area contributed by atoms with E-state index in [0.29, 0.717) is 11.4 Å². The van der Waals surface area contributed by atoms with Crippen LogP contribution in [0.25, 0.3) is 0 Å². The van der Waals surface area contributed by atoms with Crippen LogP contribution in [0.4, 0.5) is 10.5 Å². The molecule has 0 aliphatic rings. The normalized spacial score (nSPS) is 13.9. The number of benzene rings is 2. The Morgan fingerprint density at radius 2 is 1.44 bits per heavy atom. The van der Waals surface area contributed by atoms with Gasteiger partial charge in [0.2, 0.25) is 14.9 Å². The predicted molar refractivity (Wildman–Crippen MR) is 159 cm³/mol. The molecule has 0 aromatic heterocycles. The molecule has 0 saturated carbocycles. The summed E-state index contributed by atoms with van der Waals surface area (Å²) in [7, 11) is -1.03. The summed E-state index contributed by atoms with van der Waals surface area (Å²) in [4.78, 5) is 27.3. The zero-order chi connectivity index (χ0) is 29.5. The number of anilines is 1. The molecule has 0 aliphatic carbocycles. The van der Waals surface area contributed by atoms with Crippen molar-refractivity contribution in [3.63, 3.8) is 0 Å². The Kier molecular flexibility index (Phi) is 11.1. The highest BCUT2D eigenvalue weighted by atomic mass is 28.4. The van der Waals surface area contributed by atoms with Crippen molar-refractivity contribution in [1.29, 1.82) is 0 Å². The number of amides is 1. The second kappa shape index (κ2) is 13.4. The molecule has 8 nitrogen and oxygen atoms in total. The molecule has 216 valence electrons. The maximum atomic E-state index is 13.9. The van der Waals surface area contributed by atoms with Crippen LogP contribution >= 0.6 is 0 Å². The van der Waals surface area contributed by atoms with Crippen LogP contribution in [0.5, 0.6) is 5.75 Å². The van der Waals surface area contributed by atoms with Gasteiger partial charge in [0.1, 0.15) is 17.5 Å². The Morgan fingerprint density at radius 3 is 1.85 bits per heavy atom. The maximum absolute atomic E-state index is 13.9. The molecule has 2 rings (SSSR count). The summed E-state index contributed by atoms with van der Waals surface area (Å²) in [6, 6.07) is 15.6. The second-order valence-corrected chi connectivity index (χ2v) is 17.3. The molecule has 0 unspecified atom stereocenters. The number of hydrogen-bond donors (Lipinski definition) is 0. The van der Waals surface area contributed by atoms with E-state index in [0.717, 1.165) is 5.56 Å². The Balaban J connectivity index is 2.86. The molecule has 0 N–H and O–H groups in total. The van der Waals surface area contributed by atoms with E-state index in [1.165, 1.54) is 4.90 Å². The highest BCUT2D eigenvalue weighted by molar-refractivity contribution is 6.77. The lowest BCUT2D eigenvalue weighted by Gasteiger charge is -2.46. The third kappa shape index (κ3) is 8.05. The molecule has 0 spiro atoms. The molecular formula is C30H46N2O6Si. The fraction of sp³-hybridized carbons (Fsp3) is 0.567. The molecule has 0 fully saturated rings. The number of nitrogens with zero attached hydrogens (tertiary/aromatic N) is 2. The van der Waals surface area contributed by atoms with Crippen molar-refractivity contribution in [2.24, 2.45) is 0 Å². The van der Waals surface area contributed by atoms with Gasteiger partial charge in [-0.05, 0) is 67.2 Å². The van der Waals surface area contributed by atoms with Gasteiger partial charge in [-0.25, -0.2) is 4.79 Å². The van der Waals surface area contributed by atoms with E-state index in [4.69, 9.17) is 13.9 Å². The molecule has 0 heterocycles. The first-order valence-electron chi connectivity index (χ1n) is 13.6. The van der Waals surface area contributed by atoms with Crippen LogP contribution in [0.3, 0.4) is 0 Å². The van der Waals surface area contributed by atoms with E-state index in [1.54, 1.807) is 52.1 Å². The van der Waals surface area contributed by atoms with Gasteiger partial charge < -0.3 is 13.9 Å². The van der Waals surface area contributed by atoms with Crippen LogP contribution < -0.4 is 9.64 Å². The molecule has 0 saturated heterocycles. The van der Waals surface area contributed by atoms with Gasteiger partial charge in [-0.15, -0.1) is 0 Å². The summed E-state index contributed by atoms with van der Waals surface area (Å²) in [5.41, 5.74) is 1.05. The van der Waals surface area contributed by atoms with Crippen molar-refractivity contribution in [3.05, 3.63) is 70.3 Å². The van der Waals surface area contributed by atoms with Crippen molar-refractivity contribution >= 4 is 20.1 Å². The molecule has 1 amide bonds. The highest BCUT2D eigenvalue weighted by Gasteiger charge is 2.50. The van der Waals surface area contributed by atoms with E-state index in [9.17, 15) is 14.9 Å². The Bertz CT molecular complexity index is 1050. The summed E-state index contributed by atoms with van der Waals surface area (Å²) < 4.78 is 18.3. The Hall–Kier alpha value is -2.91. The van der Waals surface area contributed by atoms with Crippen LogP contribution in [0.15, 0.2) is 54.6 Å². The number of carbonyl (C=O) groups is 1. The molecule has 0 aliphatic heterocycles. The van der Waals surface area contributed by atoms with Crippen LogP contribution in [0.1, 0.15) is 73.9 Å². The SMILES string of the molecule is COc1ccc(N(C(=O)OC(C)(C)C)[C@H](c2ccccc2)[C@H](C[N+](=O)[O-])O[Si](C(C)C)(C(C)C)C(C)C)cc1. The smallest absolute Gasteiger partial charge is 0.415 e. The quantitative estimate of drug-likeness (QED) is 0.149. The van der Waals surface area contributed by atoms with E-state index in [-0.39, 0.29) is 21.5 Å². The van der Waals surface area contributed by atoms with Gasteiger partial charge in [-0.3, -0.25) is 15.0 Å². The number of nitro groups is 1. The van der Waals surface area contributed by atoms with Gasteiger partial charge in [0.15, 0.2) is 0 Å². The molecule has 39 heavy (non-hydrogen) atoms. The van der Waals surface area contributed by atoms with Gasteiger partial charge >= 0.3 is 6.09 Å². The molecule has 2 atom stereocenters. The summed E-state index contributed by atoms with van der Waals surface area (Å²) in [5.74, 6) is 0.628. The monoisotopic (exact) mass is 558 g/mol. The average molecular weight is 559 g/mol. The van der Waals surface area contributed by atoms with E-state index >= 15 is 0 Å². The zero-order valence-corrected chi connectivity index (χ0v) is 26.1. The summed E-state index contributed by atoms with van der Waals surface area (Å²) in [6.45, 7) is 17.8. The standard InChI is InChI=1S/C30H46N2O6Si/c1-21(2)39(22(3)4,23(5)6)38-27(20-31(34)35)28(24-14-12-11-13-15-24)32(29(33)37-30(7,8)9)25-16-18-26(36-10)19-17-25/h11-19,21-23,27-28H,20H2,1-10H3/t27-,28+/m0/s1. The average Bonchev–Trinajstić information content (AvgIpc) is 2.83. The lowest BCUT2D eigenvalue weighted by Crippen LogP contribution is -2.55. The van der Waals surface area contributed by atoms with Crippen molar-refractivity contribution < 1.29 is 23.6 Å². The van der Waals surface area contributed by atoms with Crippen molar-refractivity contribution in [3.8, 4) is 5.75 Å². The van der Waals surface area contributed by atoms with Gasteiger partial charge in [-0.1, -0.05) is 71.9 Å². The number of rotatable bonds is 12. The molecular weight excluding hydrogens is 512 g/mol. The lowest BCUT2D eigenvalue weighted by atomic mass is 9.99. The van der Waals surface area contributed by atoms with E-state index < -0.39 is 38.7 Å². The second-order valence-electron chi connectivity index (χ2n) is 11.9. The molecule has 2 aromatic rings. The van der Waals surface area contributed by atoms with Crippen LogP contribution in [-0.4, -0.2) is 44.7 Å². The van der Waals surface area contributed by atoms with E-state index in [1.807, 2.05) is 30.3 Å². The minimum absolute atomic E-state index is 0.194. The third-order valence-electron chi connectivity index (χ3n) is 7.10. The zero-order valence-electron chi connectivity index (χ0n) is 25.1. The lowest BCUT2D eigenvalue weighted by molar-refractivity contribution is -0.490. The largest absolute Gasteiger partial charge is 0.497 e. The molecule has 0 bridgehead atoms. The summed E-state index contributed by atoms with van der Waals surface area (Å²) in [6.07, 6.45) is -1.53. The molecule has 9 heteroatoms. The van der Waals surface area contributed by atoms with Crippen molar-refractivity contribution in [2.45, 2.75) is 96.7 Å². The van der Waals surface area contributed by atoms with Gasteiger partial charge in [-0.2, -0.15) is 0 Å². The Labute approximate surface area is 234 Å². The van der Waals surface area contributed by atoms with Gasteiger partial charge in [0.25, 0.3) is 0 Å². The third-order valence-corrected chi connectivity index (χ3v) is 13.2. The number of ether oxygens (including phenoxy) is 2. The fourth-order valence-corrected chi connectivity index (χ4v) is 11.2. The van der Waals surface area contributed by atoms with Crippen LogP contribution in [0.2, 0.25) is 16.6 Å².